The minimum absolute atomic E-state index is 0.0961. The fourth-order valence-electron chi connectivity index (χ4n) is 1.62. The van der Waals surface area contributed by atoms with E-state index < -0.39 is 0 Å². The van der Waals surface area contributed by atoms with E-state index in [1.165, 1.54) is 0 Å². The van der Waals surface area contributed by atoms with E-state index in [2.05, 4.69) is 10.6 Å². The molecule has 1 atom stereocenters. The third-order valence-electron chi connectivity index (χ3n) is 2.65. The van der Waals surface area contributed by atoms with Gasteiger partial charge >= 0.3 is 6.03 Å². The molecule has 110 valence electrons. The third kappa shape index (κ3) is 3.92. The van der Waals surface area contributed by atoms with Crippen LogP contribution in [0.5, 0.6) is 17.2 Å². The maximum Gasteiger partial charge on any atom is 0.315 e. The second-order valence-corrected chi connectivity index (χ2v) is 4.35. The molecule has 1 aromatic rings. The summed E-state index contributed by atoms with van der Waals surface area (Å²) in [7, 11) is 0. The van der Waals surface area contributed by atoms with Gasteiger partial charge in [0.15, 0.2) is 11.5 Å². The highest BCUT2D eigenvalue weighted by Gasteiger charge is 2.13. The van der Waals surface area contributed by atoms with Crippen LogP contribution in [0.15, 0.2) is 18.2 Å². The standard InChI is InChI=1S/C13H18N2O5/c1-9(7-16)15-13(17)14-4-5-18-10-2-3-11-12(6-10)20-8-19-11/h2-3,6,9,16H,4-5,7-8H2,1H3,(H2,14,15,17)/t9-/m0/s1. The van der Waals surface area contributed by atoms with E-state index in [9.17, 15) is 4.79 Å². The highest BCUT2D eigenvalue weighted by molar-refractivity contribution is 5.74. The summed E-state index contributed by atoms with van der Waals surface area (Å²) in [5.41, 5.74) is 0. The fraction of sp³-hybridized carbons (Fsp3) is 0.462. The number of nitrogens with one attached hydrogen (secondary N) is 2. The minimum Gasteiger partial charge on any atom is -0.492 e. The number of aliphatic hydroxyl groups is 1. The summed E-state index contributed by atoms with van der Waals surface area (Å²) in [6, 6.07) is 4.70. The number of hydrogen-bond acceptors (Lipinski definition) is 5. The van der Waals surface area contributed by atoms with E-state index in [-0.39, 0.29) is 25.5 Å². The Morgan fingerprint density at radius 3 is 3.05 bits per heavy atom. The van der Waals surface area contributed by atoms with Crippen LogP contribution in [0, 0.1) is 0 Å². The van der Waals surface area contributed by atoms with Crippen LogP contribution in [-0.2, 0) is 0 Å². The SMILES string of the molecule is C[C@@H](CO)NC(=O)NCCOc1ccc2c(c1)OCO2. The Bertz CT molecular complexity index is 466. The zero-order valence-electron chi connectivity index (χ0n) is 11.2. The normalized spacial score (nSPS) is 13.7. The largest absolute Gasteiger partial charge is 0.492 e. The molecule has 20 heavy (non-hydrogen) atoms. The summed E-state index contributed by atoms with van der Waals surface area (Å²) in [5, 5.41) is 14.0. The van der Waals surface area contributed by atoms with Gasteiger partial charge in [0.1, 0.15) is 12.4 Å². The number of rotatable bonds is 6. The van der Waals surface area contributed by atoms with Crippen LogP contribution in [0.25, 0.3) is 0 Å². The monoisotopic (exact) mass is 282 g/mol. The van der Waals surface area contributed by atoms with Gasteiger partial charge in [0, 0.05) is 6.07 Å². The van der Waals surface area contributed by atoms with Crippen LogP contribution in [-0.4, -0.2) is 43.7 Å². The van der Waals surface area contributed by atoms with Gasteiger partial charge in [0.2, 0.25) is 6.79 Å². The molecule has 2 amide bonds. The van der Waals surface area contributed by atoms with E-state index in [0.717, 1.165) is 0 Å². The molecule has 0 aliphatic carbocycles. The maximum atomic E-state index is 11.4. The van der Waals surface area contributed by atoms with Gasteiger partial charge in [0.05, 0.1) is 19.2 Å². The van der Waals surface area contributed by atoms with Crippen molar-refractivity contribution in [3.63, 3.8) is 0 Å². The zero-order chi connectivity index (χ0) is 14.4. The molecule has 2 rings (SSSR count). The van der Waals surface area contributed by atoms with E-state index in [1.54, 1.807) is 25.1 Å². The Labute approximate surface area is 116 Å². The van der Waals surface area contributed by atoms with Gasteiger partial charge in [-0.15, -0.1) is 0 Å². The van der Waals surface area contributed by atoms with Gasteiger partial charge in [0.25, 0.3) is 0 Å². The second-order valence-electron chi connectivity index (χ2n) is 4.35. The zero-order valence-corrected chi connectivity index (χ0v) is 11.2. The number of carbonyl (C=O) groups excluding carboxylic acids is 1. The number of fused-ring (bicyclic) bond motifs is 1. The number of benzene rings is 1. The Morgan fingerprint density at radius 1 is 1.45 bits per heavy atom. The molecular formula is C13H18N2O5. The van der Waals surface area contributed by atoms with Crippen LogP contribution in [0.2, 0.25) is 0 Å². The average molecular weight is 282 g/mol. The van der Waals surface area contributed by atoms with E-state index in [4.69, 9.17) is 19.3 Å². The lowest BCUT2D eigenvalue weighted by atomic mass is 10.3. The van der Waals surface area contributed by atoms with Crippen molar-refractivity contribution in [3.05, 3.63) is 18.2 Å². The summed E-state index contributed by atoms with van der Waals surface area (Å²) >= 11 is 0. The Hall–Kier alpha value is -2.15. The average Bonchev–Trinajstić information content (AvgIpc) is 2.91. The lowest BCUT2D eigenvalue weighted by Crippen LogP contribution is -2.43. The first kappa shape index (κ1) is 14.3. The lowest BCUT2D eigenvalue weighted by Gasteiger charge is -2.12. The van der Waals surface area contributed by atoms with Crippen molar-refractivity contribution in [1.29, 1.82) is 0 Å². The second kappa shape index (κ2) is 6.85. The predicted molar refractivity (Wildman–Crippen MR) is 71.1 cm³/mol. The van der Waals surface area contributed by atoms with Crippen LogP contribution in [0.3, 0.4) is 0 Å². The predicted octanol–water partition coefficient (Wildman–Crippen LogP) is 0.474. The summed E-state index contributed by atoms with van der Waals surface area (Å²) in [4.78, 5) is 11.4. The molecule has 7 heteroatoms. The maximum absolute atomic E-state index is 11.4. The Morgan fingerprint density at radius 2 is 2.25 bits per heavy atom. The van der Waals surface area contributed by atoms with Crippen molar-refractivity contribution < 1.29 is 24.1 Å². The van der Waals surface area contributed by atoms with Gasteiger partial charge < -0.3 is 30.0 Å². The molecule has 7 nitrogen and oxygen atoms in total. The van der Waals surface area contributed by atoms with Crippen molar-refractivity contribution >= 4 is 6.03 Å². The van der Waals surface area contributed by atoms with Crippen molar-refractivity contribution in [2.24, 2.45) is 0 Å². The summed E-state index contributed by atoms with van der Waals surface area (Å²) in [6.45, 7) is 2.53. The van der Waals surface area contributed by atoms with E-state index >= 15 is 0 Å². The molecule has 1 heterocycles. The quantitative estimate of drug-likeness (QED) is 0.660. The summed E-state index contributed by atoms with van der Waals surface area (Å²) < 4.78 is 15.9. The smallest absolute Gasteiger partial charge is 0.315 e. The molecular weight excluding hydrogens is 264 g/mol. The van der Waals surface area contributed by atoms with Crippen molar-refractivity contribution in [1.82, 2.24) is 10.6 Å². The minimum atomic E-state index is -0.333. The molecule has 1 aromatic carbocycles. The van der Waals surface area contributed by atoms with Crippen molar-refractivity contribution in [2.75, 3.05) is 26.6 Å². The first-order valence-electron chi connectivity index (χ1n) is 6.36. The third-order valence-corrected chi connectivity index (χ3v) is 2.65. The van der Waals surface area contributed by atoms with Crippen LogP contribution >= 0.6 is 0 Å². The van der Waals surface area contributed by atoms with Gasteiger partial charge in [-0.1, -0.05) is 0 Å². The van der Waals surface area contributed by atoms with Gasteiger partial charge in [-0.25, -0.2) is 4.79 Å². The number of urea groups is 1. The lowest BCUT2D eigenvalue weighted by molar-refractivity contribution is 0.173. The van der Waals surface area contributed by atoms with Gasteiger partial charge in [-0.05, 0) is 19.1 Å². The highest BCUT2D eigenvalue weighted by atomic mass is 16.7. The van der Waals surface area contributed by atoms with Crippen molar-refractivity contribution in [3.8, 4) is 17.2 Å². The fourth-order valence-corrected chi connectivity index (χ4v) is 1.62. The molecule has 0 fully saturated rings. The number of carbonyl (C=O) groups is 1. The van der Waals surface area contributed by atoms with E-state index in [1.807, 2.05) is 0 Å². The molecule has 0 unspecified atom stereocenters. The van der Waals surface area contributed by atoms with Gasteiger partial charge in [-0.3, -0.25) is 0 Å². The number of ether oxygens (including phenoxy) is 3. The topological polar surface area (TPSA) is 89.1 Å². The van der Waals surface area contributed by atoms with Crippen LogP contribution in [0.4, 0.5) is 4.79 Å². The summed E-state index contributed by atoms with van der Waals surface area (Å²) in [5.74, 6) is 2.01. The first-order chi connectivity index (χ1) is 9.69. The molecule has 0 saturated heterocycles. The Balaban J connectivity index is 1.67. The molecule has 0 aromatic heterocycles. The number of amides is 2. The van der Waals surface area contributed by atoms with E-state index in [0.29, 0.717) is 30.4 Å². The van der Waals surface area contributed by atoms with Crippen molar-refractivity contribution in [2.45, 2.75) is 13.0 Å². The molecule has 1 aliphatic heterocycles. The van der Waals surface area contributed by atoms with Crippen LogP contribution < -0.4 is 24.8 Å². The molecule has 1 aliphatic rings. The molecule has 0 bridgehead atoms. The molecule has 3 N–H and O–H groups in total. The number of aliphatic hydroxyl groups excluding tert-OH is 1. The summed E-state index contributed by atoms with van der Waals surface area (Å²) in [6.07, 6.45) is 0. The van der Waals surface area contributed by atoms with Gasteiger partial charge in [-0.2, -0.15) is 0 Å². The molecule has 0 spiro atoms. The molecule has 0 radical (unpaired) electrons. The Kier molecular flexibility index (Phi) is 4.89. The highest BCUT2D eigenvalue weighted by Crippen LogP contribution is 2.34. The first-order valence-corrected chi connectivity index (χ1v) is 6.36. The number of hydrogen-bond donors (Lipinski definition) is 3. The molecule has 0 saturated carbocycles. The van der Waals surface area contributed by atoms with Crippen LogP contribution in [0.1, 0.15) is 6.92 Å².